The van der Waals surface area contributed by atoms with Gasteiger partial charge in [-0.1, -0.05) is 0 Å². The third kappa shape index (κ3) is 2.70. The van der Waals surface area contributed by atoms with Crippen molar-refractivity contribution in [2.45, 2.75) is 10.6 Å². The van der Waals surface area contributed by atoms with Crippen molar-refractivity contribution < 1.29 is 4.39 Å². The molecule has 0 aliphatic carbocycles. The van der Waals surface area contributed by atoms with Crippen molar-refractivity contribution >= 4 is 28.8 Å². The summed E-state index contributed by atoms with van der Waals surface area (Å²) in [6, 6.07) is 4.85. The number of nitrogens with two attached hydrogens (primary N) is 1. The van der Waals surface area contributed by atoms with Gasteiger partial charge in [-0.15, -0.1) is 23.1 Å². The first kappa shape index (κ1) is 10.4. The van der Waals surface area contributed by atoms with Crippen LogP contribution in [-0.4, -0.2) is 4.98 Å². The SMILES string of the molecule is Nc1ccc(SCc2cscn2)cc1F. The largest absolute Gasteiger partial charge is 0.396 e. The molecule has 2 rings (SSSR count). The zero-order chi connectivity index (χ0) is 10.7. The second kappa shape index (κ2) is 4.63. The molecule has 78 valence electrons. The number of rotatable bonds is 3. The van der Waals surface area contributed by atoms with E-state index in [-0.39, 0.29) is 11.5 Å². The van der Waals surface area contributed by atoms with E-state index in [2.05, 4.69) is 4.98 Å². The minimum atomic E-state index is -0.363. The van der Waals surface area contributed by atoms with Gasteiger partial charge in [0.2, 0.25) is 0 Å². The first-order valence-corrected chi connectivity index (χ1v) is 6.23. The molecule has 1 aromatic heterocycles. The Morgan fingerprint density at radius 2 is 2.33 bits per heavy atom. The van der Waals surface area contributed by atoms with E-state index in [1.165, 1.54) is 6.07 Å². The fourth-order valence-electron chi connectivity index (χ4n) is 1.06. The van der Waals surface area contributed by atoms with Gasteiger partial charge in [-0.25, -0.2) is 9.37 Å². The summed E-state index contributed by atoms with van der Waals surface area (Å²) in [4.78, 5) is 5.02. The highest BCUT2D eigenvalue weighted by Crippen LogP contribution is 2.25. The molecule has 2 N–H and O–H groups in total. The van der Waals surface area contributed by atoms with E-state index in [4.69, 9.17) is 5.73 Å². The first-order valence-electron chi connectivity index (χ1n) is 4.30. The number of hydrogen-bond donors (Lipinski definition) is 1. The summed E-state index contributed by atoms with van der Waals surface area (Å²) in [5.74, 6) is 0.394. The van der Waals surface area contributed by atoms with E-state index in [1.807, 2.05) is 11.4 Å². The quantitative estimate of drug-likeness (QED) is 0.661. The van der Waals surface area contributed by atoms with Crippen LogP contribution in [0.25, 0.3) is 0 Å². The van der Waals surface area contributed by atoms with Crippen molar-refractivity contribution in [2.24, 2.45) is 0 Å². The summed E-state index contributed by atoms with van der Waals surface area (Å²) in [7, 11) is 0. The van der Waals surface area contributed by atoms with Crippen LogP contribution in [0.1, 0.15) is 5.69 Å². The maximum absolute atomic E-state index is 13.1. The summed E-state index contributed by atoms with van der Waals surface area (Å²) < 4.78 is 13.1. The Kier molecular flexibility index (Phi) is 3.23. The Bertz CT molecular complexity index is 443. The number of hydrogen-bond acceptors (Lipinski definition) is 4. The molecule has 0 saturated heterocycles. The second-order valence-electron chi connectivity index (χ2n) is 2.95. The summed E-state index contributed by atoms with van der Waals surface area (Å²) in [5.41, 5.74) is 8.38. The first-order chi connectivity index (χ1) is 7.25. The molecule has 1 aromatic carbocycles. The van der Waals surface area contributed by atoms with E-state index in [0.717, 1.165) is 16.3 Å². The van der Waals surface area contributed by atoms with Crippen molar-refractivity contribution in [1.29, 1.82) is 0 Å². The van der Waals surface area contributed by atoms with Crippen molar-refractivity contribution in [3.05, 3.63) is 40.6 Å². The molecule has 5 heteroatoms. The minimum absolute atomic E-state index is 0.188. The van der Waals surface area contributed by atoms with Crippen LogP contribution in [-0.2, 0) is 5.75 Å². The Morgan fingerprint density at radius 3 is 3.00 bits per heavy atom. The standard InChI is InChI=1S/C10H9FN2S2/c11-9-3-8(1-2-10(9)12)15-5-7-4-14-6-13-7/h1-4,6H,5,12H2. The van der Waals surface area contributed by atoms with Crippen LogP contribution in [0, 0.1) is 5.82 Å². The van der Waals surface area contributed by atoms with E-state index >= 15 is 0 Å². The van der Waals surface area contributed by atoms with Crippen LogP contribution in [0.5, 0.6) is 0 Å². The summed E-state index contributed by atoms with van der Waals surface area (Å²) in [6.07, 6.45) is 0. The zero-order valence-electron chi connectivity index (χ0n) is 7.81. The molecule has 0 spiro atoms. The van der Waals surface area contributed by atoms with Crippen LogP contribution in [0.15, 0.2) is 34.0 Å². The lowest BCUT2D eigenvalue weighted by molar-refractivity contribution is 0.629. The van der Waals surface area contributed by atoms with Crippen molar-refractivity contribution in [3.8, 4) is 0 Å². The lowest BCUT2D eigenvalue weighted by Crippen LogP contribution is -1.89. The van der Waals surface area contributed by atoms with Gasteiger partial charge in [0.1, 0.15) is 5.82 Å². The summed E-state index contributed by atoms with van der Waals surface area (Å²) in [5, 5.41) is 1.99. The smallest absolute Gasteiger partial charge is 0.147 e. The van der Waals surface area contributed by atoms with E-state index in [0.29, 0.717) is 0 Å². The van der Waals surface area contributed by atoms with Gasteiger partial charge in [0, 0.05) is 16.0 Å². The molecular formula is C10H9FN2S2. The van der Waals surface area contributed by atoms with Crippen LogP contribution in [0.4, 0.5) is 10.1 Å². The minimum Gasteiger partial charge on any atom is -0.396 e. The number of nitrogen functional groups attached to an aromatic ring is 1. The van der Waals surface area contributed by atoms with Gasteiger partial charge in [-0.05, 0) is 18.2 Å². The third-order valence-corrected chi connectivity index (χ3v) is 3.50. The number of aromatic nitrogens is 1. The average Bonchev–Trinajstić information content (AvgIpc) is 2.73. The Labute approximate surface area is 95.3 Å². The molecule has 0 atom stereocenters. The summed E-state index contributed by atoms with van der Waals surface area (Å²) >= 11 is 3.11. The molecule has 0 bridgehead atoms. The molecule has 0 amide bonds. The number of nitrogens with zero attached hydrogens (tertiary/aromatic N) is 1. The molecule has 0 aliphatic rings. The fourth-order valence-corrected chi connectivity index (χ4v) is 2.55. The highest BCUT2D eigenvalue weighted by molar-refractivity contribution is 7.98. The highest BCUT2D eigenvalue weighted by Gasteiger charge is 2.01. The predicted molar refractivity (Wildman–Crippen MR) is 62.5 cm³/mol. The predicted octanol–water partition coefficient (Wildman–Crippen LogP) is 3.16. The molecule has 2 nitrogen and oxygen atoms in total. The molecule has 2 aromatic rings. The van der Waals surface area contributed by atoms with Crippen molar-refractivity contribution in [1.82, 2.24) is 4.98 Å². The van der Waals surface area contributed by atoms with Gasteiger partial charge in [-0.2, -0.15) is 0 Å². The van der Waals surface area contributed by atoms with Crippen LogP contribution in [0.2, 0.25) is 0 Å². The monoisotopic (exact) mass is 240 g/mol. The second-order valence-corrected chi connectivity index (χ2v) is 4.72. The van der Waals surface area contributed by atoms with E-state index in [1.54, 1.807) is 34.7 Å². The van der Waals surface area contributed by atoms with Gasteiger partial charge in [0.15, 0.2) is 0 Å². The maximum Gasteiger partial charge on any atom is 0.147 e. The third-order valence-electron chi connectivity index (χ3n) is 1.84. The van der Waals surface area contributed by atoms with Crippen LogP contribution >= 0.6 is 23.1 Å². The van der Waals surface area contributed by atoms with E-state index in [9.17, 15) is 4.39 Å². The molecule has 0 saturated carbocycles. The number of halogens is 1. The number of thiazole rings is 1. The lowest BCUT2D eigenvalue weighted by atomic mass is 10.3. The molecule has 0 radical (unpaired) electrons. The molecule has 0 unspecified atom stereocenters. The Balaban J connectivity index is 2.02. The van der Waals surface area contributed by atoms with Crippen LogP contribution in [0.3, 0.4) is 0 Å². The lowest BCUT2D eigenvalue weighted by Gasteiger charge is -2.01. The van der Waals surface area contributed by atoms with Gasteiger partial charge >= 0.3 is 0 Å². The Morgan fingerprint density at radius 1 is 1.47 bits per heavy atom. The van der Waals surface area contributed by atoms with E-state index < -0.39 is 0 Å². The molecule has 0 fully saturated rings. The maximum atomic E-state index is 13.1. The average molecular weight is 240 g/mol. The van der Waals surface area contributed by atoms with Crippen LogP contribution < -0.4 is 5.73 Å². The highest BCUT2D eigenvalue weighted by atomic mass is 32.2. The van der Waals surface area contributed by atoms with Gasteiger partial charge in [0.25, 0.3) is 0 Å². The van der Waals surface area contributed by atoms with Crippen molar-refractivity contribution in [2.75, 3.05) is 5.73 Å². The van der Waals surface area contributed by atoms with Gasteiger partial charge in [-0.3, -0.25) is 0 Å². The summed E-state index contributed by atoms with van der Waals surface area (Å²) in [6.45, 7) is 0. The molecule has 0 aliphatic heterocycles. The normalized spacial score (nSPS) is 10.5. The number of thioether (sulfide) groups is 1. The number of benzene rings is 1. The Hall–Kier alpha value is -1.07. The fraction of sp³-hybridized carbons (Fsp3) is 0.100. The van der Waals surface area contributed by atoms with Gasteiger partial charge in [0.05, 0.1) is 16.9 Å². The number of anilines is 1. The molecular weight excluding hydrogens is 231 g/mol. The van der Waals surface area contributed by atoms with Gasteiger partial charge < -0.3 is 5.73 Å². The topological polar surface area (TPSA) is 38.9 Å². The molecule has 15 heavy (non-hydrogen) atoms. The molecule has 1 heterocycles. The zero-order valence-corrected chi connectivity index (χ0v) is 9.45. The van der Waals surface area contributed by atoms with Crippen molar-refractivity contribution in [3.63, 3.8) is 0 Å².